The fourth-order valence-electron chi connectivity index (χ4n) is 5.24. The van der Waals surface area contributed by atoms with E-state index in [-0.39, 0.29) is 50.1 Å². The molecule has 13 nitrogen and oxygen atoms in total. The van der Waals surface area contributed by atoms with E-state index in [0.29, 0.717) is 37.5 Å². The van der Waals surface area contributed by atoms with Gasteiger partial charge in [-0.2, -0.15) is 0 Å². The lowest BCUT2D eigenvalue weighted by atomic mass is 10.1. The van der Waals surface area contributed by atoms with Crippen LogP contribution in [0.5, 0.6) is 0 Å². The summed E-state index contributed by atoms with van der Waals surface area (Å²) in [5.74, 6) is 10.7. The molecule has 244 valence electrons. The summed E-state index contributed by atoms with van der Waals surface area (Å²) in [5.41, 5.74) is 3.24. The Morgan fingerprint density at radius 3 is 2.62 bits per heavy atom. The van der Waals surface area contributed by atoms with E-state index >= 15 is 0 Å². The highest BCUT2D eigenvalue weighted by atomic mass is 32.2. The number of hydrogen-bond donors (Lipinski definition) is 1. The Morgan fingerprint density at radius 2 is 1.96 bits per heavy atom. The van der Waals surface area contributed by atoms with Gasteiger partial charge in [-0.25, -0.2) is 23.5 Å². The Balaban J connectivity index is 1.11. The number of nitrogens with one attached hydrogen (secondary N) is 1. The molecule has 0 radical (unpaired) electrons. The van der Waals surface area contributed by atoms with Gasteiger partial charge in [0.1, 0.15) is 6.61 Å². The van der Waals surface area contributed by atoms with Crippen LogP contribution in [0.3, 0.4) is 0 Å². The first-order chi connectivity index (χ1) is 21.5. The highest BCUT2D eigenvalue weighted by Gasteiger charge is 2.45. The quantitative estimate of drug-likeness (QED) is 0.211. The van der Waals surface area contributed by atoms with Crippen LogP contribution in [-0.2, 0) is 45.0 Å². The molecular formula is C31H40N4O9S. The Kier molecular flexibility index (Phi) is 10.2. The molecule has 3 fully saturated rings. The first-order valence-corrected chi connectivity index (χ1v) is 17.1. The van der Waals surface area contributed by atoms with Crippen molar-refractivity contribution >= 4 is 27.7 Å². The monoisotopic (exact) mass is 644 g/mol. The Morgan fingerprint density at radius 1 is 1.18 bits per heavy atom. The zero-order chi connectivity index (χ0) is 32.1. The summed E-state index contributed by atoms with van der Waals surface area (Å²) in [7, 11) is -3.86. The van der Waals surface area contributed by atoms with Crippen LogP contribution in [0.4, 0.5) is 4.79 Å². The zero-order valence-corrected chi connectivity index (χ0v) is 26.6. The molecule has 1 aliphatic carbocycles. The number of amides is 2. The lowest BCUT2D eigenvalue weighted by Gasteiger charge is -2.29. The number of carbonyl (C=O) groups excluding carboxylic acids is 3. The summed E-state index contributed by atoms with van der Waals surface area (Å²) in [4.78, 5) is 47.0. The topological polar surface area (TPSA) is 146 Å². The normalized spacial score (nSPS) is 22.2. The summed E-state index contributed by atoms with van der Waals surface area (Å²) < 4.78 is 41.2. The van der Waals surface area contributed by atoms with Crippen LogP contribution in [0.1, 0.15) is 56.7 Å². The van der Waals surface area contributed by atoms with Crippen molar-refractivity contribution in [1.29, 1.82) is 0 Å². The second kappa shape index (κ2) is 13.9. The van der Waals surface area contributed by atoms with Crippen LogP contribution in [-0.4, -0.2) is 111 Å². The summed E-state index contributed by atoms with van der Waals surface area (Å²) in [6.45, 7) is 5.32. The molecule has 14 heteroatoms. The molecule has 45 heavy (non-hydrogen) atoms. The maximum absolute atomic E-state index is 13.1. The predicted octanol–water partition coefficient (Wildman–Crippen LogP) is 1.05. The van der Waals surface area contributed by atoms with Gasteiger partial charge in [0.15, 0.2) is 20.9 Å². The van der Waals surface area contributed by atoms with E-state index in [2.05, 4.69) is 29.2 Å². The second-order valence-electron chi connectivity index (χ2n) is 12.2. The van der Waals surface area contributed by atoms with E-state index in [4.69, 9.17) is 19.0 Å². The van der Waals surface area contributed by atoms with Crippen molar-refractivity contribution in [3.8, 4) is 23.7 Å². The fourth-order valence-corrected chi connectivity index (χ4v) is 6.08. The zero-order valence-electron chi connectivity index (χ0n) is 25.8. The molecule has 3 aliphatic heterocycles. The summed E-state index contributed by atoms with van der Waals surface area (Å²) in [5, 5.41) is 0. The minimum atomic E-state index is -3.86. The molecule has 1 aromatic rings. The first kappa shape index (κ1) is 33.0. The minimum absolute atomic E-state index is 0.0447. The molecule has 5 rings (SSSR count). The third-order valence-electron chi connectivity index (χ3n) is 8.72. The van der Waals surface area contributed by atoms with Gasteiger partial charge < -0.3 is 19.1 Å². The number of carbonyl (C=O) groups is 3. The predicted molar refractivity (Wildman–Crippen MR) is 161 cm³/mol. The summed E-state index contributed by atoms with van der Waals surface area (Å²) in [6.07, 6.45) is 5.96. The van der Waals surface area contributed by atoms with Crippen molar-refractivity contribution in [3.05, 3.63) is 23.5 Å². The number of fused-ring (bicyclic) bond motifs is 1. The average Bonchev–Trinajstić information content (AvgIpc) is 3.59. The van der Waals surface area contributed by atoms with Crippen molar-refractivity contribution in [3.63, 3.8) is 0 Å². The molecule has 2 saturated heterocycles. The maximum Gasteiger partial charge on any atom is 0.328 e. The number of morpholine rings is 1. The van der Waals surface area contributed by atoms with E-state index in [1.807, 2.05) is 4.90 Å². The molecule has 0 spiro atoms. The molecule has 0 aromatic carbocycles. The smallest absolute Gasteiger partial charge is 0.328 e. The van der Waals surface area contributed by atoms with Crippen LogP contribution in [0.2, 0.25) is 0 Å². The van der Waals surface area contributed by atoms with Crippen LogP contribution in [0.25, 0.3) is 0 Å². The van der Waals surface area contributed by atoms with Gasteiger partial charge in [0.2, 0.25) is 0 Å². The van der Waals surface area contributed by atoms with Crippen LogP contribution in [0.15, 0.2) is 12.3 Å². The fraction of sp³-hybridized carbons (Fsp3) is 0.645. The average molecular weight is 645 g/mol. The van der Waals surface area contributed by atoms with Crippen LogP contribution in [0, 0.1) is 29.1 Å². The SMILES string of the molecule is CC(CCN1Cc2cc(C#CC#CC3(COC(=O)CN4CCOCC4)CC3)cn2C1=O)(C(=O)NOC1CCCCO1)S(C)(=O)=O. The summed E-state index contributed by atoms with van der Waals surface area (Å²) >= 11 is 0. The third-order valence-corrected chi connectivity index (χ3v) is 10.8. The standard InChI is InChI=1S/C31H40N4O9S/c1-30(45(2,39)40,28(37)32-44-27-8-4-6-16-42-27)12-13-34-21-25-19-24(20-35(25)29(34)38)7-3-5-9-31(10-11-31)23-43-26(36)22-33-14-17-41-18-15-33/h19-20,27H,4,6,8,10-18,21-23H2,1-2H3,(H,32,37). The van der Waals surface area contributed by atoms with Gasteiger partial charge in [0.25, 0.3) is 5.91 Å². The molecule has 0 bridgehead atoms. The van der Waals surface area contributed by atoms with Gasteiger partial charge in [0.05, 0.1) is 31.7 Å². The van der Waals surface area contributed by atoms with E-state index in [1.165, 1.54) is 16.4 Å². The lowest BCUT2D eigenvalue weighted by Crippen LogP contribution is -2.52. The maximum atomic E-state index is 13.1. The lowest BCUT2D eigenvalue weighted by molar-refractivity contribution is -0.201. The second-order valence-corrected chi connectivity index (χ2v) is 14.7. The highest BCUT2D eigenvalue weighted by Crippen LogP contribution is 2.45. The van der Waals surface area contributed by atoms with Crippen LogP contribution >= 0.6 is 0 Å². The van der Waals surface area contributed by atoms with Crippen molar-refractivity contribution in [2.75, 3.05) is 58.9 Å². The summed E-state index contributed by atoms with van der Waals surface area (Å²) in [6, 6.07) is 1.45. The number of esters is 1. The van der Waals surface area contributed by atoms with Gasteiger partial charge in [0, 0.05) is 56.4 Å². The number of hydroxylamine groups is 1. The third kappa shape index (κ3) is 8.26. The number of hydrogen-bond acceptors (Lipinski definition) is 10. The Bertz CT molecular complexity index is 1520. The molecule has 4 heterocycles. The van der Waals surface area contributed by atoms with Gasteiger partial charge in [-0.3, -0.25) is 19.1 Å². The van der Waals surface area contributed by atoms with Gasteiger partial charge in [-0.1, -0.05) is 11.8 Å². The van der Waals surface area contributed by atoms with E-state index in [0.717, 1.165) is 45.0 Å². The molecular weight excluding hydrogens is 604 g/mol. The van der Waals surface area contributed by atoms with E-state index in [1.54, 1.807) is 12.3 Å². The van der Waals surface area contributed by atoms with Gasteiger partial charge in [-0.15, -0.1) is 0 Å². The number of nitrogens with zero attached hydrogens (tertiary/aromatic N) is 3. The molecule has 4 aliphatic rings. The highest BCUT2D eigenvalue weighted by molar-refractivity contribution is 7.92. The molecule has 2 atom stereocenters. The number of rotatable bonds is 11. The van der Waals surface area contributed by atoms with Crippen molar-refractivity contribution < 1.29 is 41.8 Å². The first-order valence-electron chi connectivity index (χ1n) is 15.2. The van der Waals surface area contributed by atoms with Gasteiger partial charge in [-0.05, 0) is 56.9 Å². The number of ether oxygens (including phenoxy) is 3. The number of sulfone groups is 1. The largest absolute Gasteiger partial charge is 0.463 e. The number of aromatic nitrogens is 1. The van der Waals surface area contributed by atoms with Crippen molar-refractivity contribution in [2.24, 2.45) is 5.41 Å². The molecule has 2 unspecified atom stereocenters. The molecule has 1 saturated carbocycles. The Hall–Kier alpha value is -3.40. The molecule has 2 amide bonds. The van der Waals surface area contributed by atoms with E-state index < -0.39 is 26.8 Å². The van der Waals surface area contributed by atoms with Gasteiger partial charge >= 0.3 is 12.0 Å². The van der Waals surface area contributed by atoms with Crippen molar-refractivity contribution in [1.82, 2.24) is 19.8 Å². The Labute approximate surface area is 263 Å². The minimum Gasteiger partial charge on any atom is -0.463 e. The van der Waals surface area contributed by atoms with Crippen molar-refractivity contribution in [2.45, 2.75) is 63.0 Å². The molecule has 1 aromatic heterocycles. The van der Waals surface area contributed by atoms with Crippen LogP contribution < -0.4 is 5.48 Å². The van der Waals surface area contributed by atoms with E-state index in [9.17, 15) is 22.8 Å². The molecule has 1 N–H and O–H groups in total.